The zero-order valence-corrected chi connectivity index (χ0v) is 10.3. The predicted octanol–water partition coefficient (Wildman–Crippen LogP) is 1.73. The summed E-state index contributed by atoms with van der Waals surface area (Å²) >= 11 is 0. The summed E-state index contributed by atoms with van der Waals surface area (Å²) in [5.41, 5.74) is -0.00748. The smallest absolute Gasteiger partial charge is 0.241 e. The number of hydrogen-bond donors (Lipinski definition) is 1. The number of nitrogens with one attached hydrogen (secondary N) is 1. The number of carbonyl (C=O) groups is 1. The molecule has 0 unspecified atom stereocenters. The lowest BCUT2D eigenvalue weighted by Crippen LogP contribution is -2.50. The maximum absolute atomic E-state index is 12.2. The van der Waals surface area contributed by atoms with Crippen molar-refractivity contribution < 1.29 is 4.79 Å². The Hall–Kier alpha value is -0.570. The van der Waals surface area contributed by atoms with Gasteiger partial charge in [-0.2, -0.15) is 0 Å². The summed E-state index contributed by atoms with van der Waals surface area (Å²) in [6.45, 7) is 6.39. The first-order chi connectivity index (χ1) is 6.87. The van der Waals surface area contributed by atoms with Gasteiger partial charge in [-0.05, 0) is 31.1 Å². The molecule has 1 atom stereocenters. The van der Waals surface area contributed by atoms with E-state index in [-0.39, 0.29) is 23.0 Å². The molecular weight excluding hydrogens is 188 g/mol. The lowest BCUT2D eigenvalue weighted by Gasteiger charge is -2.32. The lowest BCUT2D eigenvalue weighted by atomic mass is 9.86. The molecule has 2 aliphatic rings. The van der Waals surface area contributed by atoms with E-state index in [4.69, 9.17) is 0 Å². The molecule has 1 saturated carbocycles. The number of hydrogen-bond acceptors (Lipinski definition) is 2. The molecule has 1 aliphatic carbocycles. The Morgan fingerprint density at radius 1 is 1.33 bits per heavy atom. The van der Waals surface area contributed by atoms with Gasteiger partial charge in [0.1, 0.15) is 0 Å². The summed E-state index contributed by atoms with van der Waals surface area (Å²) in [4.78, 5) is 14.1. The minimum atomic E-state index is -0.0188. The molecule has 0 aromatic heterocycles. The fourth-order valence-electron chi connectivity index (χ4n) is 2.86. The summed E-state index contributed by atoms with van der Waals surface area (Å²) in [5.74, 6) is 0.268. The van der Waals surface area contributed by atoms with Crippen molar-refractivity contribution in [3.8, 4) is 0 Å². The van der Waals surface area contributed by atoms with Gasteiger partial charge < -0.3 is 4.90 Å². The van der Waals surface area contributed by atoms with E-state index in [2.05, 4.69) is 26.1 Å². The summed E-state index contributed by atoms with van der Waals surface area (Å²) in [7, 11) is 1.95. The standard InChI is InChI=1S/C12H22N2O/c1-11(2,3)9-10(15)14(4)12(13-9)7-5-6-8-12/h9,13H,5-8H2,1-4H3/t9-/m1/s1. The first kappa shape index (κ1) is 10.9. The van der Waals surface area contributed by atoms with Crippen LogP contribution in [-0.4, -0.2) is 29.6 Å². The van der Waals surface area contributed by atoms with E-state index in [1.807, 2.05) is 11.9 Å². The molecule has 0 radical (unpaired) electrons. The SMILES string of the molecule is CN1C(=O)[C@H](C(C)(C)C)NC12CCCC2. The molecule has 1 heterocycles. The molecule has 1 spiro atoms. The van der Waals surface area contributed by atoms with Crippen LogP contribution in [0.2, 0.25) is 0 Å². The average Bonchev–Trinajstić information content (AvgIpc) is 2.67. The molecule has 86 valence electrons. The Morgan fingerprint density at radius 3 is 2.27 bits per heavy atom. The molecule has 3 nitrogen and oxygen atoms in total. The van der Waals surface area contributed by atoms with Gasteiger partial charge in [-0.1, -0.05) is 20.8 Å². The van der Waals surface area contributed by atoms with Gasteiger partial charge in [0.05, 0.1) is 11.7 Å². The minimum Gasteiger partial charge on any atom is -0.326 e. The Bertz CT molecular complexity index is 274. The molecule has 2 rings (SSSR count). The highest BCUT2D eigenvalue weighted by atomic mass is 16.2. The Labute approximate surface area is 92.2 Å². The van der Waals surface area contributed by atoms with E-state index in [9.17, 15) is 4.79 Å². The maximum atomic E-state index is 12.2. The fourth-order valence-corrected chi connectivity index (χ4v) is 2.86. The number of likely N-dealkylation sites (N-methyl/N-ethyl adjacent to an activating group) is 1. The molecule has 1 amide bonds. The van der Waals surface area contributed by atoms with Gasteiger partial charge in [-0.25, -0.2) is 0 Å². The third-order valence-electron chi connectivity index (χ3n) is 3.93. The molecule has 1 aliphatic heterocycles. The van der Waals surface area contributed by atoms with Crippen molar-refractivity contribution in [1.29, 1.82) is 0 Å². The van der Waals surface area contributed by atoms with Gasteiger partial charge >= 0.3 is 0 Å². The third kappa shape index (κ3) is 1.57. The number of nitrogens with zero attached hydrogens (tertiary/aromatic N) is 1. The van der Waals surface area contributed by atoms with E-state index >= 15 is 0 Å². The van der Waals surface area contributed by atoms with Crippen LogP contribution in [0.5, 0.6) is 0 Å². The van der Waals surface area contributed by atoms with Gasteiger partial charge in [-0.15, -0.1) is 0 Å². The average molecular weight is 210 g/mol. The van der Waals surface area contributed by atoms with Crippen molar-refractivity contribution in [2.45, 2.75) is 58.2 Å². The number of amides is 1. The van der Waals surface area contributed by atoms with Crippen molar-refractivity contribution in [1.82, 2.24) is 10.2 Å². The Morgan fingerprint density at radius 2 is 1.87 bits per heavy atom. The molecule has 1 saturated heterocycles. The Balaban J connectivity index is 2.24. The molecule has 0 aromatic rings. The second-order valence-corrected chi connectivity index (χ2v) is 6.08. The van der Waals surface area contributed by atoms with E-state index in [1.165, 1.54) is 12.8 Å². The van der Waals surface area contributed by atoms with E-state index < -0.39 is 0 Å². The lowest BCUT2D eigenvalue weighted by molar-refractivity contribution is -0.132. The molecule has 0 bridgehead atoms. The van der Waals surface area contributed by atoms with Crippen molar-refractivity contribution in [2.24, 2.45) is 5.41 Å². The third-order valence-corrected chi connectivity index (χ3v) is 3.93. The normalized spacial score (nSPS) is 30.5. The first-order valence-electron chi connectivity index (χ1n) is 5.92. The summed E-state index contributed by atoms with van der Waals surface area (Å²) in [6.07, 6.45) is 4.70. The number of rotatable bonds is 0. The van der Waals surface area contributed by atoms with Crippen molar-refractivity contribution in [3.05, 3.63) is 0 Å². The van der Waals surface area contributed by atoms with Gasteiger partial charge in [0, 0.05) is 7.05 Å². The monoisotopic (exact) mass is 210 g/mol. The molecule has 15 heavy (non-hydrogen) atoms. The second kappa shape index (κ2) is 3.21. The first-order valence-corrected chi connectivity index (χ1v) is 5.92. The van der Waals surface area contributed by atoms with Crippen molar-refractivity contribution in [2.75, 3.05) is 7.05 Å². The van der Waals surface area contributed by atoms with Crippen LogP contribution in [0.1, 0.15) is 46.5 Å². The van der Waals surface area contributed by atoms with Gasteiger partial charge in [0.2, 0.25) is 5.91 Å². The van der Waals surface area contributed by atoms with Crippen LogP contribution in [0.25, 0.3) is 0 Å². The van der Waals surface area contributed by atoms with E-state index in [1.54, 1.807) is 0 Å². The highest BCUT2D eigenvalue weighted by molar-refractivity contribution is 5.85. The molecule has 3 heteroatoms. The maximum Gasteiger partial charge on any atom is 0.241 e. The zero-order valence-electron chi connectivity index (χ0n) is 10.3. The van der Waals surface area contributed by atoms with Crippen molar-refractivity contribution >= 4 is 5.91 Å². The van der Waals surface area contributed by atoms with Gasteiger partial charge in [0.15, 0.2) is 0 Å². The second-order valence-electron chi connectivity index (χ2n) is 6.08. The van der Waals surface area contributed by atoms with Crippen LogP contribution in [-0.2, 0) is 4.79 Å². The topological polar surface area (TPSA) is 32.3 Å². The molecule has 2 fully saturated rings. The Kier molecular flexibility index (Phi) is 2.34. The zero-order chi connectivity index (χ0) is 11.3. The highest BCUT2D eigenvalue weighted by Gasteiger charge is 2.52. The molecule has 1 N–H and O–H groups in total. The van der Waals surface area contributed by atoms with E-state index in [0.29, 0.717) is 0 Å². The largest absolute Gasteiger partial charge is 0.326 e. The molecular formula is C12H22N2O. The van der Waals surface area contributed by atoms with Crippen LogP contribution >= 0.6 is 0 Å². The van der Waals surface area contributed by atoms with Crippen LogP contribution in [0.3, 0.4) is 0 Å². The van der Waals surface area contributed by atoms with Crippen LogP contribution in [0.4, 0.5) is 0 Å². The van der Waals surface area contributed by atoms with Crippen LogP contribution in [0.15, 0.2) is 0 Å². The van der Waals surface area contributed by atoms with Gasteiger partial charge in [-0.3, -0.25) is 10.1 Å². The number of carbonyl (C=O) groups excluding carboxylic acids is 1. The summed E-state index contributed by atoms with van der Waals surface area (Å²) in [6, 6.07) is -0.0133. The fraction of sp³-hybridized carbons (Fsp3) is 0.917. The minimum absolute atomic E-state index is 0.0113. The molecule has 0 aromatic carbocycles. The van der Waals surface area contributed by atoms with Crippen LogP contribution in [0, 0.1) is 5.41 Å². The van der Waals surface area contributed by atoms with Gasteiger partial charge in [0.25, 0.3) is 0 Å². The van der Waals surface area contributed by atoms with Crippen LogP contribution < -0.4 is 5.32 Å². The summed E-state index contributed by atoms with van der Waals surface area (Å²) in [5, 5.41) is 3.58. The van der Waals surface area contributed by atoms with E-state index in [0.717, 1.165) is 12.8 Å². The summed E-state index contributed by atoms with van der Waals surface area (Å²) < 4.78 is 0. The highest BCUT2D eigenvalue weighted by Crippen LogP contribution is 2.39. The predicted molar refractivity (Wildman–Crippen MR) is 60.3 cm³/mol. The van der Waals surface area contributed by atoms with Crippen molar-refractivity contribution in [3.63, 3.8) is 0 Å². The quantitative estimate of drug-likeness (QED) is 0.660.